The van der Waals surface area contributed by atoms with Gasteiger partial charge in [0.25, 0.3) is 0 Å². The lowest BCUT2D eigenvalue weighted by molar-refractivity contribution is -0.131. The number of hydrogen-bond donors (Lipinski definition) is 0. The van der Waals surface area contributed by atoms with Gasteiger partial charge in [0.1, 0.15) is 5.75 Å². The van der Waals surface area contributed by atoms with E-state index in [2.05, 4.69) is 13.8 Å². The number of hydrogen-bond acceptors (Lipinski definition) is 3. The summed E-state index contributed by atoms with van der Waals surface area (Å²) in [7, 11) is 1.54. The van der Waals surface area contributed by atoms with Crippen molar-refractivity contribution in [3.8, 4) is 5.75 Å². The van der Waals surface area contributed by atoms with E-state index < -0.39 is 0 Å². The molecule has 1 aromatic carbocycles. The van der Waals surface area contributed by atoms with Gasteiger partial charge in [0.2, 0.25) is 11.8 Å². The van der Waals surface area contributed by atoms with Crippen molar-refractivity contribution in [2.75, 3.05) is 31.6 Å². The Morgan fingerprint density at radius 2 is 1.75 bits per heavy atom. The van der Waals surface area contributed by atoms with Gasteiger partial charge in [0, 0.05) is 38.7 Å². The first kappa shape index (κ1) is 20.3. The number of methoxy groups -OCH3 is 1. The van der Waals surface area contributed by atoms with Crippen molar-refractivity contribution >= 4 is 29.1 Å². The molecule has 0 aliphatic rings. The van der Waals surface area contributed by atoms with Crippen molar-refractivity contribution in [1.29, 1.82) is 0 Å². The van der Waals surface area contributed by atoms with E-state index in [1.807, 2.05) is 4.90 Å². The molecule has 6 heteroatoms. The lowest BCUT2D eigenvalue weighted by Crippen LogP contribution is -2.37. The van der Waals surface area contributed by atoms with Crippen molar-refractivity contribution in [3.05, 3.63) is 23.2 Å². The van der Waals surface area contributed by atoms with E-state index >= 15 is 0 Å². The zero-order chi connectivity index (χ0) is 18.1. The lowest BCUT2D eigenvalue weighted by Gasteiger charge is -2.25. The summed E-state index contributed by atoms with van der Waals surface area (Å²) in [5, 5.41) is 0.436. The summed E-state index contributed by atoms with van der Waals surface area (Å²) in [6.45, 7) is 7.43. The van der Waals surface area contributed by atoms with E-state index in [1.54, 1.807) is 30.2 Å². The Morgan fingerprint density at radius 3 is 2.21 bits per heavy atom. The number of benzene rings is 1. The van der Waals surface area contributed by atoms with Crippen molar-refractivity contribution < 1.29 is 14.3 Å². The third-order valence-corrected chi connectivity index (χ3v) is 4.01. The van der Waals surface area contributed by atoms with Gasteiger partial charge < -0.3 is 14.5 Å². The largest absolute Gasteiger partial charge is 0.495 e. The highest BCUT2D eigenvalue weighted by molar-refractivity contribution is 6.32. The van der Waals surface area contributed by atoms with Crippen molar-refractivity contribution in [1.82, 2.24) is 4.90 Å². The smallest absolute Gasteiger partial charge is 0.224 e. The van der Waals surface area contributed by atoms with Crippen molar-refractivity contribution in [2.24, 2.45) is 0 Å². The Bertz CT molecular complexity index is 557. The highest BCUT2D eigenvalue weighted by Gasteiger charge is 2.17. The minimum atomic E-state index is -0.124. The van der Waals surface area contributed by atoms with E-state index in [0.717, 1.165) is 25.9 Å². The fourth-order valence-electron chi connectivity index (χ4n) is 2.56. The van der Waals surface area contributed by atoms with Crippen LogP contribution in [-0.4, -0.2) is 43.5 Å². The number of carbonyl (C=O) groups excluding carboxylic acids is 2. The minimum absolute atomic E-state index is 0.0737. The zero-order valence-corrected chi connectivity index (χ0v) is 15.7. The maximum Gasteiger partial charge on any atom is 0.224 e. The molecule has 2 amide bonds. The van der Waals surface area contributed by atoms with Crippen LogP contribution in [0.5, 0.6) is 5.75 Å². The van der Waals surface area contributed by atoms with Crippen LogP contribution in [0.25, 0.3) is 0 Å². The molecule has 0 N–H and O–H groups in total. The van der Waals surface area contributed by atoms with Gasteiger partial charge in [-0.2, -0.15) is 0 Å². The summed E-state index contributed by atoms with van der Waals surface area (Å²) in [6, 6.07) is 5.17. The predicted molar refractivity (Wildman–Crippen MR) is 97.8 cm³/mol. The van der Waals surface area contributed by atoms with Crippen LogP contribution in [-0.2, 0) is 9.59 Å². The Hall–Kier alpha value is -1.75. The first-order valence-electron chi connectivity index (χ1n) is 8.33. The number of anilines is 1. The van der Waals surface area contributed by atoms with E-state index in [4.69, 9.17) is 16.3 Å². The second-order valence-corrected chi connectivity index (χ2v) is 6.03. The number of halogens is 1. The predicted octanol–water partition coefficient (Wildman–Crippen LogP) is 3.74. The molecular formula is C18H27ClN2O3. The van der Waals surface area contributed by atoms with Crippen molar-refractivity contribution in [3.63, 3.8) is 0 Å². The molecule has 0 radical (unpaired) electrons. The van der Waals surface area contributed by atoms with Gasteiger partial charge in [0.05, 0.1) is 12.1 Å². The lowest BCUT2D eigenvalue weighted by atomic mass is 10.2. The molecule has 1 rings (SSSR count). The number of nitrogens with zero attached hydrogens (tertiary/aromatic N) is 2. The van der Waals surface area contributed by atoms with Gasteiger partial charge in [-0.05, 0) is 31.0 Å². The first-order valence-corrected chi connectivity index (χ1v) is 8.71. The van der Waals surface area contributed by atoms with Gasteiger partial charge >= 0.3 is 0 Å². The molecule has 5 nitrogen and oxygen atoms in total. The average Bonchev–Trinajstić information content (AvgIpc) is 2.54. The Kier molecular flexibility index (Phi) is 8.61. The molecular weight excluding hydrogens is 328 g/mol. The quantitative estimate of drug-likeness (QED) is 0.678. The third kappa shape index (κ3) is 5.71. The van der Waals surface area contributed by atoms with Crippen LogP contribution in [0.1, 0.15) is 40.0 Å². The zero-order valence-electron chi connectivity index (χ0n) is 15.0. The Morgan fingerprint density at radius 1 is 1.12 bits per heavy atom. The van der Waals surface area contributed by atoms with Crippen LogP contribution in [0.15, 0.2) is 18.2 Å². The highest BCUT2D eigenvalue weighted by Crippen LogP contribution is 2.29. The molecule has 0 bridgehead atoms. The molecule has 0 saturated heterocycles. The summed E-state index contributed by atoms with van der Waals surface area (Å²) < 4.78 is 5.13. The fraction of sp³-hybridized carbons (Fsp3) is 0.556. The summed E-state index contributed by atoms with van der Waals surface area (Å²) in [5.41, 5.74) is 0.665. The average molecular weight is 355 g/mol. The van der Waals surface area contributed by atoms with Gasteiger partial charge in [-0.25, -0.2) is 0 Å². The highest BCUT2D eigenvalue weighted by atomic mass is 35.5. The van der Waals surface area contributed by atoms with Gasteiger partial charge in [0.15, 0.2) is 0 Å². The number of carbonyl (C=O) groups is 2. The standard InChI is InChI=1S/C18H27ClN2O3/c1-5-10-20(11-6-2)18(23)9-12-21(14(3)22)15-7-8-17(24-4)16(19)13-15/h7-8,13H,5-6,9-12H2,1-4H3. The molecule has 0 aromatic heterocycles. The monoisotopic (exact) mass is 354 g/mol. The molecule has 0 heterocycles. The Labute approximate surface area is 149 Å². The molecule has 134 valence electrons. The molecule has 0 unspecified atom stereocenters. The van der Waals surface area contributed by atoms with Crippen molar-refractivity contribution in [2.45, 2.75) is 40.0 Å². The van der Waals surface area contributed by atoms with Gasteiger partial charge in [-0.3, -0.25) is 9.59 Å². The molecule has 0 aliphatic carbocycles. The normalized spacial score (nSPS) is 10.4. The maximum absolute atomic E-state index is 12.4. The second kappa shape index (κ2) is 10.2. The topological polar surface area (TPSA) is 49.9 Å². The summed E-state index contributed by atoms with van der Waals surface area (Å²) in [6.07, 6.45) is 2.15. The van der Waals surface area contributed by atoms with E-state index in [0.29, 0.717) is 29.4 Å². The fourth-order valence-corrected chi connectivity index (χ4v) is 2.81. The maximum atomic E-state index is 12.4. The van der Waals surface area contributed by atoms with E-state index in [1.165, 1.54) is 6.92 Å². The van der Waals surface area contributed by atoms with Crippen LogP contribution < -0.4 is 9.64 Å². The molecule has 0 fully saturated rings. The number of ether oxygens (including phenoxy) is 1. The minimum Gasteiger partial charge on any atom is -0.495 e. The van der Waals surface area contributed by atoms with Crippen LogP contribution in [0.3, 0.4) is 0 Å². The molecule has 0 atom stereocenters. The first-order chi connectivity index (χ1) is 11.4. The van der Waals surface area contributed by atoms with E-state index in [-0.39, 0.29) is 11.8 Å². The molecule has 1 aromatic rings. The molecule has 24 heavy (non-hydrogen) atoms. The number of amides is 2. The summed E-state index contributed by atoms with van der Waals surface area (Å²) in [4.78, 5) is 27.8. The van der Waals surface area contributed by atoms with Gasteiger partial charge in [-0.1, -0.05) is 25.4 Å². The summed E-state index contributed by atoms with van der Waals surface area (Å²) in [5.74, 6) is 0.503. The summed E-state index contributed by atoms with van der Waals surface area (Å²) >= 11 is 6.14. The SMILES string of the molecule is CCCN(CCC)C(=O)CCN(C(C)=O)c1ccc(OC)c(Cl)c1. The van der Waals surface area contributed by atoms with E-state index in [9.17, 15) is 9.59 Å². The Balaban J connectivity index is 2.81. The molecule has 0 spiro atoms. The molecule has 0 aliphatic heterocycles. The number of rotatable bonds is 9. The third-order valence-electron chi connectivity index (χ3n) is 3.72. The van der Waals surface area contributed by atoms with Gasteiger partial charge in [-0.15, -0.1) is 0 Å². The van der Waals surface area contributed by atoms with Crippen LogP contribution in [0.4, 0.5) is 5.69 Å². The molecule has 0 saturated carbocycles. The van der Waals surface area contributed by atoms with Crippen LogP contribution >= 0.6 is 11.6 Å². The second-order valence-electron chi connectivity index (χ2n) is 5.62. The van der Waals surface area contributed by atoms with Crippen LogP contribution in [0, 0.1) is 0 Å². The van der Waals surface area contributed by atoms with Crippen LogP contribution in [0.2, 0.25) is 5.02 Å².